The lowest BCUT2D eigenvalue weighted by molar-refractivity contribution is -0.384. The molecule has 8 nitrogen and oxygen atoms in total. The first-order chi connectivity index (χ1) is 11.6. The van der Waals surface area contributed by atoms with E-state index in [0.29, 0.717) is 0 Å². The van der Waals surface area contributed by atoms with Gasteiger partial charge >= 0.3 is 0 Å². The van der Waals surface area contributed by atoms with Crippen LogP contribution in [0.1, 0.15) is 0 Å². The van der Waals surface area contributed by atoms with E-state index in [1.165, 1.54) is 25.3 Å². The Balaban J connectivity index is 2.94. The quantitative estimate of drug-likeness (QED) is 0.208. The van der Waals surface area contributed by atoms with Gasteiger partial charge in [-0.25, -0.2) is 4.39 Å². The van der Waals surface area contributed by atoms with Crippen molar-refractivity contribution >= 4 is 69.4 Å². The van der Waals surface area contributed by atoms with E-state index in [1.807, 2.05) is 0 Å². The van der Waals surface area contributed by atoms with Crippen LogP contribution in [-0.2, 0) is 4.79 Å². The molecule has 25 heavy (non-hydrogen) atoms. The first-order valence-electron chi connectivity index (χ1n) is 6.40. The molecule has 1 amide bonds. The molecule has 0 saturated heterocycles. The van der Waals surface area contributed by atoms with Crippen molar-refractivity contribution in [1.29, 1.82) is 0 Å². The predicted molar refractivity (Wildman–Crippen MR) is 97.2 cm³/mol. The van der Waals surface area contributed by atoms with E-state index >= 15 is 0 Å². The van der Waals surface area contributed by atoms with Crippen molar-refractivity contribution in [3.8, 4) is 5.75 Å². The number of hydrogen-bond acceptors (Lipinski definition) is 5. The standard InChI is InChI=1S/C12H12Cl3FN4O4S/c1-24-6-2-3-7(8(4-6)20(22)23)17-11(25)19-10(12(13,14)15)18-9(21)5-16/h2-4,10H,5H2,1H3,(H,18,21)(H2,17,19,25)/t10-/m0/s1. The van der Waals surface area contributed by atoms with Gasteiger partial charge in [-0.15, -0.1) is 0 Å². The Bertz CT molecular complexity index is 674. The minimum absolute atomic E-state index is 0.0307. The molecule has 1 atom stereocenters. The van der Waals surface area contributed by atoms with Crippen LogP contribution in [0, 0.1) is 10.1 Å². The summed E-state index contributed by atoms with van der Waals surface area (Å²) < 4.78 is 15.2. The third-order valence-corrected chi connectivity index (χ3v) is 3.55. The number of nitro benzene ring substituents is 1. The summed E-state index contributed by atoms with van der Waals surface area (Å²) in [6, 6.07) is 4.01. The molecule has 0 radical (unpaired) electrons. The number of anilines is 1. The van der Waals surface area contributed by atoms with Crippen molar-refractivity contribution in [1.82, 2.24) is 10.6 Å². The maximum atomic E-state index is 12.3. The van der Waals surface area contributed by atoms with Gasteiger partial charge in [-0.1, -0.05) is 34.8 Å². The molecule has 0 aliphatic heterocycles. The summed E-state index contributed by atoms with van der Waals surface area (Å²) in [5, 5.41) is 18.0. The zero-order valence-electron chi connectivity index (χ0n) is 12.5. The van der Waals surface area contributed by atoms with E-state index in [0.717, 1.165) is 0 Å². The van der Waals surface area contributed by atoms with Gasteiger partial charge in [0.05, 0.1) is 18.1 Å². The zero-order chi connectivity index (χ0) is 19.2. The molecule has 0 aliphatic rings. The van der Waals surface area contributed by atoms with Crippen LogP contribution in [0.2, 0.25) is 0 Å². The maximum Gasteiger partial charge on any atom is 0.296 e. The van der Waals surface area contributed by atoms with Crippen LogP contribution in [-0.4, -0.2) is 39.7 Å². The lowest BCUT2D eigenvalue weighted by Gasteiger charge is -2.27. The third-order valence-electron chi connectivity index (χ3n) is 2.68. The second-order valence-corrected chi connectivity index (χ2v) is 7.19. The van der Waals surface area contributed by atoms with Gasteiger partial charge in [0.2, 0.25) is 3.79 Å². The van der Waals surface area contributed by atoms with E-state index in [4.69, 9.17) is 51.8 Å². The molecule has 0 aliphatic carbocycles. The van der Waals surface area contributed by atoms with Gasteiger partial charge in [-0.2, -0.15) is 0 Å². The number of alkyl halides is 4. The van der Waals surface area contributed by atoms with Gasteiger partial charge in [0, 0.05) is 0 Å². The van der Waals surface area contributed by atoms with Crippen molar-refractivity contribution < 1.29 is 18.8 Å². The summed E-state index contributed by atoms with van der Waals surface area (Å²) in [6.07, 6.45) is -1.38. The maximum absolute atomic E-state index is 12.3. The largest absolute Gasteiger partial charge is 0.496 e. The number of benzene rings is 1. The highest BCUT2D eigenvalue weighted by molar-refractivity contribution is 7.80. The molecule has 0 spiro atoms. The number of nitrogens with zero attached hydrogens (tertiary/aromatic N) is 1. The van der Waals surface area contributed by atoms with Crippen LogP contribution >= 0.6 is 47.0 Å². The number of methoxy groups -OCH3 is 1. The number of amides is 1. The SMILES string of the molecule is COc1ccc(NC(=S)N[C@H](NC(=O)CF)C(Cl)(Cl)Cl)c([N+](=O)[O-])c1. The average molecular weight is 434 g/mol. The summed E-state index contributed by atoms with van der Waals surface area (Å²) in [5.74, 6) is -0.771. The molecular weight excluding hydrogens is 422 g/mol. The Hall–Kier alpha value is -1.62. The van der Waals surface area contributed by atoms with Crippen LogP contribution in [0.4, 0.5) is 15.8 Å². The Morgan fingerprint density at radius 3 is 2.56 bits per heavy atom. The first-order valence-corrected chi connectivity index (χ1v) is 7.94. The molecule has 3 N–H and O–H groups in total. The molecular formula is C12H12Cl3FN4O4S. The number of halogens is 4. The number of thiocarbonyl (C=S) groups is 1. The van der Waals surface area contributed by atoms with Crippen molar-refractivity contribution in [3.05, 3.63) is 28.3 Å². The molecule has 138 valence electrons. The minimum atomic E-state index is -2.07. The highest BCUT2D eigenvalue weighted by atomic mass is 35.6. The molecule has 0 saturated carbocycles. The molecule has 0 bridgehead atoms. The minimum Gasteiger partial charge on any atom is -0.496 e. The fourth-order valence-electron chi connectivity index (χ4n) is 1.58. The van der Waals surface area contributed by atoms with Crippen LogP contribution in [0.15, 0.2) is 18.2 Å². The van der Waals surface area contributed by atoms with E-state index < -0.39 is 27.5 Å². The Kier molecular flexibility index (Phi) is 7.87. The normalized spacial score (nSPS) is 12.0. The van der Waals surface area contributed by atoms with Crippen molar-refractivity contribution in [2.45, 2.75) is 9.96 Å². The monoisotopic (exact) mass is 432 g/mol. The highest BCUT2D eigenvalue weighted by Gasteiger charge is 2.34. The lowest BCUT2D eigenvalue weighted by Crippen LogP contribution is -2.56. The number of carbonyl (C=O) groups excluding carboxylic acids is 1. The first kappa shape index (κ1) is 21.4. The summed E-state index contributed by atoms with van der Waals surface area (Å²) in [4.78, 5) is 21.6. The second kappa shape index (κ2) is 9.18. The third kappa shape index (κ3) is 6.65. The lowest BCUT2D eigenvalue weighted by atomic mass is 10.2. The molecule has 0 fully saturated rings. The van der Waals surface area contributed by atoms with Crippen LogP contribution < -0.4 is 20.7 Å². The van der Waals surface area contributed by atoms with E-state index in [2.05, 4.69) is 16.0 Å². The average Bonchev–Trinajstić information content (AvgIpc) is 2.53. The van der Waals surface area contributed by atoms with Gasteiger partial charge in [-0.3, -0.25) is 14.9 Å². The van der Waals surface area contributed by atoms with Gasteiger partial charge in [0.25, 0.3) is 11.6 Å². The zero-order valence-corrected chi connectivity index (χ0v) is 15.6. The highest BCUT2D eigenvalue weighted by Crippen LogP contribution is 2.30. The fraction of sp³-hybridized carbons (Fsp3) is 0.333. The second-order valence-electron chi connectivity index (χ2n) is 4.41. The van der Waals surface area contributed by atoms with Gasteiger partial charge in [0.15, 0.2) is 11.8 Å². The molecule has 1 aromatic carbocycles. The van der Waals surface area contributed by atoms with Crippen molar-refractivity contribution in [2.24, 2.45) is 0 Å². The molecule has 0 unspecified atom stereocenters. The van der Waals surface area contributed by atoms with Gasteiger partial charge in [-0.05, 0) is 24.4 Å². The van der Waals surface area contributed by atoms with Crippen LogP contribution in [0.5, 0.6) is 5.75 Å². The van der Waals surface area contributed by atoms with Crippen LogP contribution in [0.3, 0.4) is 0 Å². The molecule has 1 rings (SSSR count). The number of hydrogen-bond donors (Lipinski definition) is 3. The molecule has 13 heteroatoms. The smallest absolute Gasteiger partial charge is 0.296 e. The summed E-state index contributed by atoms with van der Waals surface area (Å²) in [5.41, 5.74) is -0.287. The van der Waals surface area contributed by atoms with E-state index in [9.17, 15) is 19.3 Å². The summed E-state index contributed by atoms with van der Waals surface area (Å²) in [6.45, 7) is -1.33. The summed E-state index contributed by atoms with van der Waals surface area (Å²) >= 11 is 22.0. The van der Waals surface area contributed by atoms with Crippen molar-refractivity contribution in [3.63, 3.8) is 0 Å². The predicted octanol–water partition coefficient (Wildman–Crippen LogP) is 2.67. The van der Waals surface area contributed by atoms with Crippen molar-refractivity contribution in [2.75, 3.05) is 19.1 Å². The number of ether oxygens (including phenoxy) is 1. The Morgan fingerprint density at radius 2 is 2.08 bits per heavy atom. The Morgan fingerprint density at radius 1 is 1.44 bits per heavy atom. The van der Waals surface area contributed by atoms with Gasteiger partial charge in [0.1, 0.15) is 17.6 Å². The van der Waals surface area contributed by atoms with Gasteiger partial charge < -0.3 is 20.7 Å². The Labute approximate surface area is 162 Å². The molecule has 1 aromatic rings. The van der Waals surface area contributed by atoms with E-state index in [1.54, 1.807) is 0 Å². The topological polar surface area (TPSA) is 106 Å². The number of nitro groups is 1. The fourth-order valence-corrected chi connectivity index (χ4v) is 2.14. The molecule has 0 heterocycles. The van der Waals surface area contributed by atoms with E-state index in [-0.39, 0.29) is 22.2 Å². The molecule has 0 aromatic heterocycles. The summed E-state index contributed by atoms with van der Waals surface area (Å²) in [7, 11) is 1.36. The number of rotatable bonds is 6. The number of carbonyl (C=O) groups is 1. The number of nitrogens with one attached hydrogen (secondary N) is 3. The van der Waals surface area contributed by atoms with Crippen LogP contribution in [0.25, 0.3) is 0 Å².